The largest absolute Gasteiger partial charge is 0.415 e. The topological polar surface area (TPSA) is 55.5 Å². The predicted molar refractivity (Wildman–Crippen MR) is 94.7 cm³/mol. The van der Waals surface area contributed by atoms with Gasteiger partial charge in [0.1, 0.15) is 6.04 Å². The lowest BCUT2D eigenvalue weighted by Crippen LogP contribution is -2.85. The molecule has 0 radical (unpaired) electrons. The van der Waals surface area contributed by atoms with Gasteiger partial charge in [0.05, 0.1) is 0 Å². The highest BCUT2D eigenvalue weighted by molar-refractivity contribution is 6.30. The molecule has 2 aromatic carbocycles. The highest BCUT2D eigenvalue weighted by atomic mass is 35.5. The second-order valence-electron chi connectivity index (χ2n) is 6.14. The maximum Gasteiger partial charge on any atom is 0.274 e. The fraction of sp³-hybridized carbons (Fsp3) is 0.263. The number of quaternary nitrogens is 1. The van der Waals surface area contributed by atoms with E-state index in [1.54, 1.807) is 0 Å². The first-order chi connectivity index (χ1) is 11.5. The molecule has 0 aliphatic carbocycles. The van der Waals surface area contributed by atoms with Crippen molar-refractivity contribution in [1.82, 2.24) is 10.2 Å². The average Bonchev–Trinajstić information content (AvgIpc) is 3.05. The standard InChI is InChI=1S/C19H20ClN3O/c1-12-5-4-6-16(11-12)19-23-22-18(24-19)14(3)21-13(2)15-7-9-17(20)10-8-15/h4-11,13-14,21H,1-3H3/p+1/t13-,14+/m0/s1. The van der Waals surface area contributed by atoms with Gasteiger partial charge in [0, 0.05) is 16.1 Å². The van der Waals surface area contributed by atoms with E-state index < -0.39 is 0 Å². The Morgan fingerprint density at radius 1 is 1.00 bits per heavy atom. The van der Waals surface area contributed by atoms with Gasteiger partial charge in [0.25, 0.3) is 5.89 Å². The molecule has 0 saturated carbocycles. The first-order valence-corrected chi connectivity index (χ1v) is 8.41. The van der Waals surface area contributed by atoms with Crippen LogP contribution < -0.4 is 5.32 Å². The van der Waals surface area contributed by atoms with Crippen LogP contribution in [0, 0.1) is 6.92 Å². The Kier molecular flexibility index (Phi) is 4.97. The number of nitrogens with zero attached hydrogens (tertiary/aromatic N) is 2. The van der Waals surface area contributed by atoms with Crippen molar-refractivity contribution < 1.29 is 9.73 Å². The van der Waals surface area contributed by atoms with Gasteiger partial charge >= 0.3 is 0 Å². The third-order valence-electron chi connectivity index (χ3n) is 4.07. The third kappa shape index (κ3) is 3.83. The summed E-state index contributed by atoms with van der Waals surface area (Å²) in [4.78, 5) is 0. The van der Waals surface area contributed by atoms with Crippen molar-refractivity contribution in [2.45, 2.75) is 32.9 Å². The van der Waals surface area contributed by atoms with Crippen LogP contribution in [0.15, 0.2) is 52.9 Å². The number of aromatic nitrogens is 2. The summed E-state index contributed by atoms with van der Waals surface area (Å²) in [7, 11) is 0. The van der Waals surface area contributed by atoms with Gasteiger partial charge in [0.2, 0.25) is 5.89 Å². The Balaban J connectivity index is 1.71. The normalized spacial score (nSPS) is 13.7. The minimum Gasteiger partial charge on any atom is -0.415 e. The van der Waals surface area contributed by atoms with Crippen LogP contribution in [-0.2, 0) is 0 Å². The van der Waals surface area contributed by atoms with E-state index in [2.05, 4.69) is 29.4 Å². The first kappa shape index (κ1) is 16.7. The molecule has 2 atom stereocenters. The Hall–Kier alpha value is -2.17. The van der Waals surface area contributed by atoms with E-state index in [-0.39, 0.29) is 12.1 Å². The Bertz CT molecular complexity index is 813. The van der Waals surface area contributed by atoms with Crippen molar-refractivity contribution in [3.63, 3.8) is 0 Å². The smallest absolute Gasteiger partial charge is 0.274 e. The molecule has 0 aliphatic heterocycles. The molecule has 3 aromatic rings. The molecule has 0 saturated heterocycles. The number of rotatable bonds is 5. The van der Waals surface area contributed by atoms with E-state index in [0.29, 0.717) is 11.8 Å². The van der Waals surface area contributed by atoms with Gasteiger partial charge in [-0.2, -0.15) is 0 Å². The zero-order valence-corrected chi connectivity index (χ0v) is 14.8. The molecule has 24 heavy (non-hydrogen) atoms. The SMILES string of the molecule is Cc1cccc(-c2nnc([C@@H](C)[NH2+][C@@H](C)c3ccc(Cl)cc3)o2)c1. The van der Waals surface area contributed by atoms with E-state index in [1.807, 2.05) is 55.5 Å². The van der Waals surface area contributed by atoms with E-state index >= 15 is 0 Å². The predicted octanol–water partition coefficient (Wildman–Crippen LogP) is 4.08. The second kappa shape index (κ2) is 7.16. The number of halogens is 1. The van der Waals surface area contributed by atoms with Crippen molar-refractivity contribution >= 4 is 11.6 Å². The maximum atomic E-state index is 5.95. The molecule has 0 fully saturated rings. The Morgan fingerprint density at radius 2 is 1.75 bits per heavy atom. The first-order valence-electron chi connectivity index (χ1n) is 8.04. The van der Waals surface area contributed by atoms with Crippen LogP contribution in [-0.4, -0.2) is 10.2 Å². The van der Waals surface area contributed by atoms with Gasteiger partial charge in [-0.1, -0.05) is 41.4 Å². The van der Waals surface area contributed by atoms with Gasteiger partial charge in [-0.3, -0.25) is 0 Å². The maximum absolute atomic E-state index is 5.95. The van der Waals surface area contributed by atoms with Gasteiger partial charge in [0.15, 0.2) is 6.04 Å². The number of hydrogen-bond donors (Lipinski definition) is 1. The van der Waals surface area contributed by atoms with Crippen molar-refractivity contribution in [2.24, 2.45) is 0 Å². The Labute approximate surface area is 146 Å². The van der Waals surface area contributed by atoms with E-state index in [9.17, 15) is 0 Å². The van der Waals surface area contributed by atoms with Crippen molar-refractivity contribution in [1.29, 1.82) is 0 Å². The van der Waals surface area contributed by atoms with Gasteiger partial charge in [-0.15, -0.1) is 10.2 Å². The van der Waals surface area contributed by atoms with Crippen LogP contribution in [0.4, 0.5) is 0 Å². The third-order valence-corrected chi connectivity index (χ3v) is 4.32. The molecule has 4 nitrogen and oxygen atoms in total. The lowest BCUT2D eigenvalue weighted by Gasteiger charge is -2.14. The summed E-state index contributed by atoms with van der Waals surface area (Å²) in [6.07, 6.45) is 0. The van der Waals surface area contributed by atoms with E-state index in [4.69, 9.17) is 16.0 Å². The molecule has 0 bridgehead atoms. The lowest BCUT2D eigenvalue weighted by atomic mass is 10.1. The molecule has 2 N–H and O–H groups in total. The zero-order chi connectivity index (χ0) is 17.1. The summed E-state index contributed by atoms with van der Waals surface area (Å²) < 4.78 is 5.87. The molecule has 3 rings (SSSR count). The number of nitrogens with two attached hydrogens (primary N) is 1. The molecule has 0 aliphatic rings. The molecule has 1 aromatic heterocycles. The van der Waals surface area contributed by atoms with Crippen LogP contribution in [0.25, 0.3) is 11.5 Å². The summed E-state index contributed by atoms with van der Waals surface area (Å²) in [6.45, 7) is 6.27. The number of aryl methyl sites for hydroxylation is 1. The van der Waals surface area contributed by atoms with Gasteiger partial charge in [-0.05, 0) is 45.0 Å². The highest BCUT2D eigenvalue weighted by Crippen LogP contribution is 2.21. The monoisotopic (exact) mass is 342 g/mol. The Morgan fingerprint density at radius 3 is 2.46 bits per heavy atom. The minimum absolute atomic E-state index is 0.0711. The summed E-state index contributed by atoms with van der Waals surface area (Å²) >= 11 is 5.95. The highest BCUT2D eigenvalue weighted by Gasteiger charge is 2.21. The van der Waals surface area contributed by atoms with E-state index in [1.165, 1.54) is 11.1 Å². The summed E-state index contributed by atoms with van der Waals surface area (Å²) in [5.41, 5.74) is 3.33. The molecule has 0 amide bonds. The summed E-state index contributed by atoms with van der Waals surface area (Å²) in [6, 6.07) is 16.3. The average molecular weight is 343 g/mol. The molecular formula is C19H21ClN3O+. The minimum atomic E-state index is 0.0711. The quantitative estimate of drug-likeness (QED) is 0.760. The van der Waals surface area contributed by atoms with Crippen LogP contribution in [0.5, 0.6) is 0 Å². The molecule has 5 heteroatoms. The molecule has 1 heterocycles. The second-order valence-corrected chi connectivity index (χ2v) is 6.57. The van der Waals surface area contributed by atoms with Crippen LogP contribution in [0.3, 0.4) is 0 Å². The number of hydrogen-bond acceptors (Lipinski definition) is 3. The zero-order valence-electron chi connectivity index (χ0n) is 14.0. The summed E-state index contributed by atoms with van der Waals surface area (Å²) in [5, 5.41) is 11.4. The van der Waals surface area contributed by atoms with Crippen molar-refractivity contribution in [2.75, 3.05) is 0 Å². The molecule has 0 unspecified atom stereocenters. The van der Waals surface area contributed by atoms with Crippen molar-refractivity contribution in [3.05, 3.63) is 70.6 Å². The van der Waals surface area contributed by atoms with Crippen molar-refractivity contribution in [3.8, 4) is 11.5 Å². The molecular weight excluding hydrogens is 322 g/mol. The van der Waals surface area contributed by atoms with Crippen LogP contribution in [0.1, 0.15) is 42.9 Å². The van der Waals surface area contributed by atoms with Gasteiger partial charge in [-0.25, -0.2) is 0 Å². The van der Waals surface area contributed by atoms with Crippen LogP contribution in [0.2, 0.25) is 5.02 Å². The molecule has 124 valence electrons. The summed E-state index contributed by atoms with van der Waals surface area (Å²) in [5.74, 6) is 1.19. The molecule has 0 spiro atoms. The fourth-order valence-corrected chi connectivity index (χ4v) is 2.83. The van der Waals surface area contributed by atoms with Gasteiger partial charge < -0.3 is 9.73 Å². The lowest BCUT2D eigenvalue weighted by molar-refractivity contribution is -0.730. The van der Waals surface area contributed by atoms with Crippen LogP contribution >= 0.6 is 11.6 Å². The fourth-order valence-electron chi connectivity index (χ4n) is 2.71. The van der Waals surface area contributed by atoms with E-state index in [0.717, 1.165) is 10.6 Å². The number of benzene rings is 2.